The molecule has 1 heterocycles. The zero-order valence-electron chi connectivity index (χ0n) is 11.5. The molecule has 4 nitrogen and oxygen atoms in total. The lowest BCUT2D eigenvalue weighted by Gasteiger charge is -2.13. The highest BCUT2D eigenvalue weighted by Gasteiger charge is 2.11. The molecule has 0 saturated heterocycles. The molecule has 0 atom stereocenters. The van der Waals surface area contributed by atoms with Crippen LogP contribution in [0.4, 0.5) is 5.69 Å². The van der Waals surface area contributed by atoms with Gasteiger partial charge >= 0.3 is 0 Å². The summed E-state index contributed by atoms with van der Waals surface area (Å²) in [4.78, 5) is 6.89. The summed E-state index contributed by atoms with van der Waals surface area (Å²) in [6.07, 6.45) is 2.10. The average molecular weight is 246 g/mol. The van der Waals surface area contributed by atoms with Crippen LogP contribution in [0.1, 0.15) is 19.2 Å². The number of hydrogen-bond donors (Lipinski definition) is 1. The van der Waals surface area contributed by atoms with Crippen molar-refractivity contribution in [3.8, 4) is 0 Å². The maximum absolute atomic E-state index is 6.00. The molecule has 0 bridgehead atoms. The molecule has 0 unspecified atom stereocenters. The number of nitrogens with two attached hydrogens (primary N) is 1. The third-order valence-corrected chi connectivity index (χ3v) is 3.13. The van der Waals surface area contributed by atoms with Gasteiger partial charge < -0.3 is 15.2 Å². The zero-order chi connectivity index (χ0) is 13.1. The Hall–Kier alpha value is -1.55. The number of nitrogen functional groups attached to an aromatic ring is 1. The number of likely N-dealkylation sites (N-methyl/N-ethyl adjacent to an activating group) is 1. The van der Waals surface area contributed by atoms with Gasteiger partial charge in [0.25, 0.3) is 0 Å². The number of hydrogen-bond acceptors (Lipinski definition) is 3. The van der Waals surface area contributed by atoms with Crippen LogP contribution in [-0.2, 0) is 13.0 Å². The summed E-state index contributed by atoms with van der Waals surface area (Å²) in [5, 5.41) is 0. The summed E-state index contributed by atoms with van der Waals surface area (Å²) in [6, 6.07) is 6.02. The second-order valence-electron chi connectivity index (χ2n) is 4.95. The van der Waals surface area contributed by atoms with Crippen LogP contribution in [-0.4, -0.2) is 35.1 Å². The van der Waals surface area contributed by atoms with Gasteiger partial charge in [-0.05, 0) is 32.6 Å². The fourth-order valence-electron chi connectivity index (χ4n) is 2.18. The number of anilines is 1. The molecular weight excluding hydrogens is 224 g/mol. The Morgan fingerprint density at radius 3 is 2.78 bits per heavy atom. The third-order valence-electron chi connectivity index (χ3n) is 3.13. The van der Waals surface area contributed by atoms with Gasteiger partial charge in [-0.1, -0.05) is 13.0 Å². The topological polar surface area (TPSA) is 47.1 Å². The molecule has 1 aromatic carbocycles. The lowest BCUT2D eigenvalue weighted by molar-refractivity contribution is 0.383. The van der Waals surface area contributed by atoms with Crippen molar-refractivity contribution in [1.29, 1.82) is 0 Å². The van der Waals surface area contributed by atoms with Gasteiger partial charge in [-0.15, -0.1) is 0 Å². The van der Waals surface area contributed by atoms with E-state index in [9.17, 15) is 0 Å². The van der Waals surface area contributed by atoms with Crippen LogP contribution in [0.3, 0.4) is 0 Å². The number of para-hydroxylation sites is 1. The predicted molar refractivity (Wildman–Crippen MR) is 76.7 cm³/mol. The molecule has 0 amide bonds. The Morgan fingerprint density at radius 1 is 1.33 bits per heavy atom. The standard InChI is InChI=1S/C14H22N4/c1-4-6-13-16-14-11(15)7-5-8-12(14)18(13)10-9-17(2)3/h5,7-8H,4,6,9-10,15H2,1-3H3. The minimum absolute atomic E-state index is 0.772. The molecule has 1 aromatic heterocycles. The quantitative estimate of drug-likeness (QED) is 0.822. The lowest BCUT2D eigenvalue weighted by Crippen LogP contribution is -2.19. The Labute approximate surface area is 108 Å². The van der Waals surface area contributed by atoms with E-state index < -0.39 is 0 Å². The highest BCUT2D eigenvalue weighted by molar-refractivity contribution is 5.87. The van der Waals surface area contributed by atoms with E-state index in [4.69, 9.17) is 10.7 Å². The number of rotatable bonds is 5. The van der Waals surface area contributed by atoms with Gasteiger partial charge in [0.15, 0.2) is 0 Å². The maximum atomic E-state index is 6.00. The van der Waals surface area contributed by atoms with E-state index >= 15 is 0 Å². The van der Waals surface area contributed by atoms with Crippen LogP contribution in [0.2, 0.25) is 0 Å². The SMILES string of the molecule is CCCc1nc2c(N)cccc2n1CCN(C)C. The van der Waals surface area contributed by atoms with Crippen molar-refractivity contribution in [3.05, 3.63) is 24.0 Å². The number of benzene rings is 1. The van der Waals surface area contributed by atoms with E-state index in [0.29, 0.717) is 0 Å². The summed E-state index contributed by atoms with van der Waals surface area (Å²) in [7, 11) is 4.18. The number of fused-ring (bicyclic) bond motifs is 1. The van der Waals surface area contributed by atoms with Crippen LogP contribution >= 0.6 is 0 Å². The van der Waals surface area contributed by atoms with E-state index in [0.717, 1.165) is 48.5 Å². The molecule has 0 saturated carbocycles. The summed E-state index contributed by atoms with van der Waals surface area (Å²) in [6.45, 7) is 4.15. The van der Waals surface area contributed by atoms with Gasteiger partial charge in [0.1, 0.15) is 11.3 Å². The highest BCUT2D eigenvalue weighted by Crippen LogP contribution is 2.22. The number of nitrogens with zero attached hydrogens (tertiary/aromatic N) is 3. The summed E-state index contributed by atoms with van der Waals surface area (Å²) >= 11 is 0. The molecule has 0 aliphatic carbocycles. The monoisotopic (exact) mass is 246 g/mol. The maximum Gasteiger partial charge on any atom is 0.112 e. The van der Waals surface area contributed by atoms with Gasteiger partial charge in [0.05, 0.1) is 11.2 Å². The first kappa shape index (κ1) is 12.9. The lowest BCUT2D eigenvalue weighted by atomic mass is 10.2. The molecule has 18 heavy (non-hydrogen) atoms. The van der Waals surface area contributed by atoms with Gasteiger partial charge in [0, 0.05) is 19.5 Å². The Balaban J connectivity index is 2.45. The van der Waals surface area contributed by atoms with Crippen molar-refractivity contribution in [3.63, 3.8) is 0 Å². The summed E-state index contributed by atoms with van der Waals surface area (Å²) in [5.74, 6) is 1.15. The molecule has 0 aliphatic rings. The van der Waals surface area contributed by atoms with Crippen molar-refractivity contribution in [2.24, 2.45) is 0 Å². The molecule has 0 radical (unpaired) electrons. The Kier molecular flexibility index (Phi) is 3.87. The zero-order valence-corrected chi connectivity index (χ0v) is 11.5. The second kappa shape index (κ2) is 5.40. The second-order valence-corrected chi connectivity index (χ2v) is 4.95. The van der Waals surface area contributed by atoms with Crippen LogP contribution < -0.4 is 5.73 Å². The molecule has 0 spiro atoms. The van der Waals surface area contributed by atoms with Crippen molar-refractivity contribution >= 4 is 16.7 Å². The molecule has 0 aliphatic heterocycles. The average Bonchev–Trinajstić information content (AvgIpc) is 2.66. The van der Waals surface area contributed by atoms with Gasteiger partial charge in [0.2, 0.25) is 0 Å². The number of aryl methyl sites for hydroxylation is 1. The van der Waals surface area contributed by atoms with Crippen molar-refractivity contribution < 1.29 is 0 Å². The molecule has 98 valence electrons. The van der Waals surface area contributed by atoms with E-state index in [1.165, 1.54) is 0 Å². The molecular formula is C14H22N4. The minimum atomic E-state index is 0.772. The first-order chi connectivity index (χ1) is 8.63. The molecule has 2 N–H and O–H groups in total. The molecule has 2 aromatic rings. The fourth-order valence-corrected chi connectivity index (χ4v) is 2.18. The largest absolute Gasteiger partial charge is 0.397 e. The van der Waals surface area contributed by atoms with Gasteiger partial charge in [-0.25, -0.2) is 4.98 Å². The molecule has 4 heteroatoms. The summed E-state index contributed by atoms with van der Waals surface area (Å²) < 4.78 is 2.30. The van der Waals surface area contributed by atoms with Gasteiger partial charge in [-0.2, -0.15) is 0 Å². The summed E-state index contributed by atoms with van der Waals surface area (Å²) in [5.41, 5.74) is 8.87. The molecule has 2 rings (SSSR count). The van der Waals surface area contributed by atoms with Crippen LogP contribution in [0.15, 0.2) is 18.2 Å². The van der Waals surface area contributed by atoms with Gasteiger partial charge in [-0.3, -0.25) is 0 Å². The van der Waals surface area contributed by atoms with E-state index in [-0.39, 0.29) is 0 Å². The normalized spacial score (nSPS) is 11.6. The number of aromatic nitrogens is 2. The third kappa shape index (κ3) is 2.48. The predicted octanol–water partition coefficient (Wildman–Crippen LogP) is 2.13. The molecule has 0 fully saturated rings. The fraction of sp³-hybridized carbons (Fsp3) is 0.500. The van der Waals surface area contributed by atoms with Crippen LogP contribution in [0.5, 0.6) is 0 Å². The Bertz CT molecular complexity index is 528. The highest BCUT2D eigenvalue weighted by atomic mass is 15.1. The van der Waals surface area contributed by atoms with Crippen molar-refractivity contribution in [1.82, 2.24) is 14.5 Å². The first-order valence-electron chi connectivity index (χ1n) is 6.51. The van der Waals surface area contributed by atoms with Crippen LogP contribution in [0, 0.1) is 0 Å². The van der Waals surface area contributed by atoms with Crippen LogP contribution in [0.25, 0.3) is 11.0 Å². The smallest absolute Gasteiger partial charge is 0.112 e. The van der Waals surface area contributed by atoms with Crippen molar-refractivity contribution in [2.75, 3.05) is 26.4 Å². The minimum Gasteiger partial charge on any atom is -0.397 e. The van der Waals surface area contributed by atoms with E-state index in [1.807, 2.05) is 12.1 Å². The number of imidazole rings is 1. The van der Waals surface area contributed by atoms with E-state index in [2.05, 4.69) is 36.6 Å². The van der Waals surface area contributed by atoms with Crippen molar-refractivity contribution in [2.45, 2.75) is 26.3 Å². The first-order valence-corrected chi connectivity index (χ1v) is 6.51. The van der Waals surface area contributed by atoms with E-state index in [1.54, 1.807) is 0 Å². The Morgan fingerprint density at radius 2 is 2.11 bits per heavy atom.